The number of fused-ring (bicyclic) bond motifs is 6. The van der Waals surface area contributed by atoms with Crippen molar-refractivity contribution in [3.8, 4) is 11.5 Å². The van der Waals surface area contributed by atoms with Gasteiger partial charge in [-0.15, -0.1) is 30.6 Å². The minimum atomic E-state index is 0.156. The lowest BCUT2D eigenvalue weighted by Crippen LogP contribution is -2.10. The zero-order chi connectivity index (χ0) is 98.8. The zero-order valence-corrected chi connectivity index (χ0v) is 83.5. The van der Waals surface area contributed by atoms with Gasteiger partial charge in [0.15, 0.2) is 68.8 Å². The van der Waals surface area contributed by atoms with Gasteiger partial charge < -0.3 is 41.4 Å². The molecule has 6 aliphatic rings. The molecular weight excluding hydrogens is 1840 g/mol. The third-order valence-electron chi connectivity index (χ3n) is 25.7. The Balaban J connectivity index is 0.000000109. The Morgan fingerprint density at radius 2 is 0.566 bits per heavy atom. The molecule has 0 bridgehead atoms. The number of benzene rings is 6. The third-order valence-corrected chi connectivity index (χ3v) is 26.6. The average Bonchev–Trinajstić information content (AvgIpc) is 1.66. The van der Waals surface area contributed by atoms with Crippen LogP contribution in [0, 0.1) is 35.5 Å². The molecule has 0 spiro atoms. The number of aromatic nitrogens is 18. The number of allylic oxidation sites excluding steroid dienone is 6. The van der Waals surface area contributed by atoms with Gasteiger partial charge in [-0.2, -0.15) is 27.1 Å². The molecule has 6 N–H and O–H groups in total. The number of hydrogen-bond donors (Lipinski definition) is 6. The van der Waals surface area contributed by atoms with Crippen molar-refractivity contribution in [2.45, 2.75) is 142 Å². The molecule has 0 radical (unpaired) electrons. The molecule has 6 aliphatic carbocycles. The number of nitrogens with zero attached hydrogens (tertiary/aromatic N) is 18. The Kier molecular flexibility index (Phi) is 29.4. The van der Waals surface area contributed by atoms with E-state index in [9.17, 15) is 0 Å². The first-order valence-corrected chi connectivity index (χ1v) is 50.0. The number of nitrogens with one attached hydrogen (secondary N) is 6. The quantitative estimate of drug-likeness (QED) is 0.0214. The van der Waals surface area contributed by atoms with E-state index in [4.69, 9.17) is 49.4 Å². The van der Waals surface area contributed by atoms with Gasteiger partial charge in [-0.05, 0) is 287 Å². The van der Waals surface area contributed by atoms with E-state index >= 15 is 0 Å². The molecule has 143 heavy (non-hydrogen) atoms. The number of pyridine rings is 6. The number of rotatable bonds is 32. The molecule has 6 aromatic carbocycles. The van der Waals surface area contributed by atoms with Gasteiger partial charge in [0.2, 0.25) is 0 Å². The Morgan fingerprint density at radius 3 is 0.874 bits per heavy atom. The SMILES string of the molecule is C=C(Cc1nc2cccc(Nc3ccc(C(C)(C)C)cc3)n2n1)C1CC1.C=C(Cc1nc2cccc(Nc3ccc(Cl)cc3)n2n1)C1CC1.C=C(Cc1nc2cccc(Nc3cccc(Cl)c3)n2n1)C1CC1.C=C(Cc1nc2cccc(Nc3cccc(OC)c3)n2n1)C1CC1.C=C(Cc1nc2cccc(Nc3ccccc3Cl)n2n1)C1CC1.C=C(Cc1nc2cccc(Nc3ccccc3OC)n2n1)C1CC1. The van der Waals surface area contributed by atoms with E-state index in [0.29, 0.717) is 45.6 Å². The molecule has 12 aromatic heterocycles. The van der Waals surface area contributed by atoms with E-state index < -0.39 is 0 Å². The molecule has 0 amide bonds. The van der Waals surface area contributed by atoms with E-state index in [1.165, 1.54) is 116 Å². The van der Waals surface area contributed by atoms with Gasteiger partial charge in [0.05, 0.1) is 30.6 Å². The molecule has 18 aromatic rings. The van der Waals surface area contributed by atoms with Crippen LogP contribution in [0.5, 0.6) is 11.5 Å². The second-order valence-electron chi connectivity index (χ2n) is 38.4. The monoisotopic (exact) mass is 1960 g/mol. The van der Waals surface area contributed by atoms with Crippen LogP contribution < -0.4 is 41.4 Å². The number of hydrogen-bond acceptors (Lipinski definition) is 20. The summed E-state index contributed by atoms with van der Waals surface area (Å²) in [6.45, 7) is 31.7. The lowest BCUT2D eigenvalue weighted by atomic mass is 9.87. The molecule has 0 atom stereocenters. The molecule has 0 aliphatic heterocycles. The molecule has 726 valence electrons. The summed E-state index contributed by atoms with van der Waals surface area (Å²) in [6.07, 6.45) is 19.6. The van der Waals surface area contributed by atoms with E-state index in [1.54, 1.807) is 14.2 Å². The first kappa shape index (κ1) is 96.6. The van der Waals surface area contributed by atoms with Gasteiger partial charge in [-0.1, -0.05) is 213 Å². The minimum absolute atomic E-state index is 0.156. The highest BCUT2D eigenvalue weighted by Crippen LogP contribution is 2.43. The second kappa shape index (κ2) is 43.5. The number of anilines is 12. The van der Waals surface area contributed by atoms with Crippen molar-refractivity contribution in [1.82, 2.24) is 87.6 Å². The summed E-state index contributed by atoms with van der Waals surface area (Å²) in [7, 11) is 3.33. The fourth-order valence-electron chi connectivity index (χ4n) is 16.8. The lowest BCUT2D eigenvalue weighted by molar-refractivity contribution is 0.415. The number of para-hydroxylation sites is 3. The molecule has 0 unspecified atom stereocenters. The Hall–Kier alpha value is -15.3. The maximum atomic E-state index is 6.22. The van der Waals surface area contributed by atoms with Crippen molar-refractivity contribution >= 4 is 138 Å². The van der Waals surface area contributed by atoms with Crippen LogP contribution in [0.1, 0.15) is 138 Å². The van der Waals surface area contributed by atoms with E-state index in [-0.39, 0.29) is 5.41 Å². The molecule has 0 saturated heterocycles. The Labute approximate surface area is 847 Å². The van der Waals surface area contributed by atoms with Gasteiger partial charge >= 0.3 is 0 Å². The molecule has 6 saturated carbocycles. The summed E-state index contributed by atoms with van der Waals surface area (Å²) in [4.78, 5) is 27.7. The maximum absolute atomic E-state index is 6.22. The Morgan fingerprint density at radius 1 is 0.287 bits per heavy atom. The second-order valence-corrected chi connectivity index (χ2v) is 39.7. The van der Waals surface area contributed by atoms with Crippen LogP contribution in [0.15, 0.2) is 328 Å². The van der Waals surface area contributed by atoms with Gasteiger partial charge in [0.25, 0.3) is 0 Å². The number of methoxy groups -OCH3 is 2. The largest absolute Gasteiger partial charge is 0.497 e. The van der Waals surface area contributed by atoms with Gasteiger partial charge in [0.1, 0.15) is 46.4 Å². The average molecular weight is 1960 g/mol. The van der Waals surface area contributed by atoms with Crippen molar-refractivity contribution in [2.24, 2.45) is 35.5 Å². The van der Waals surface area contributed by atoms with Crippen LogP contribution in [-0.2, 0) is 43.9 Å². The van der Waals surface area contributed by atoms with Gasteiger partial charge in [-0.3, -0.25) is 0 Å². The topological polar surface area (TPSA) is 272 Å². The predicted molar refractivity (Wildman–Crippen MR) is 577 cm³/mol. The van der Waals surface area contributed by atoms with Crippen LogP contribution in [0.2, 0.25) is 15.1 Å². The lowest BCUT2D eigenvalue weighted by Gasteiger charge is -2.19. The van der Waals surface area contributed by atoms with Crippen molar-refractivity contribution in [3.05, 3.63) is 383 Å². The number of ether oxygens (including phenoxy) is 2. The maximum Gasteiger partial charge on any atom is 0.158 e. The van der Waals surface area contributed by atoms with Crippen molar-refractivity contribution in [2.75, 3.05) is 46.1 Å². The summed E-state index contributed by atoms with van der Waals surface area (Å²) >= 11 is 18.2. The van der Waals surface area contributed by atoms with Crippen LogP contribution in [0.4, 0.5) is 69.0 Å². The van der Waals surface area contributed by atoms with Crippen LogP contribution >= 0.6 is 34.8 Å². The fraction of sp³-hybridized carbons (Fsp3) is 0.263. The van der Waals surface area contributed by atoms with Crippen molar-refractivity contribution in [3.63, 3.8) is 0 Å². The summed E-state index contributed by atoms with van der Waals surface area (Å²) < 4.78 is 21.7. The summed E-state index contributed by atoms with van der Waals surface area (Å²) in [5.74, 6) is 15.8. The highest BCUT2D eigenvalue weighted by Gasteiger charge is 2.31. The van der Waals surface area contributed by atoms with E-state index in [0.717, 1.165) is 193 Å². The third kappa shape index (κ3) is 25.4. The highest BCUT2D eigenvalue weighted by atomic mass is 35.5. The molecule has 24 rings (SSSR count). The molecule has 12 heterocycles. The first-order valence-electron chi connectivity index (χ1n) is 48.8. The van der Waals surface area contributed by atoms with Crippen LogP contribution in [-0.4, -0.2) is 102 Å². The zero-order valence-electron chi connectivity index (χ0n) is 81.2. The highest BCUT2D eigenvalue weighted by molar-refractivity contribution is 6.33. The molecule has 26 nitrogen and oxygen atoms in total. The summed E-state index contributed by atoms with van der Waals surface area (Å²) in [5.41, 5.74) is 19.6. The minimum Gasteiger partial charge on any atom is -0.497 e. The normalized spacial score (nSPS) is 14.1. The van der Waals surface area contributed by atoms with Crippen LogP contribution in [0.3, 0.4) is 0 Å². The van der Waals surface area contributed by atoms with E-state index in [1.807, 2.05) is 258 Å². The summed E-state index contributed by atoms with van der Waals surface area (Å²) in [6, 6.07) is 82.6. The standard InChI is InChI=1S/C22H26N4.2C19H20N4O.3C18H17ClN4/c1-15(16-8-9-16)14-19-24-21-7-5-6-20(26(21)25-19)23-18-12-10-17(11-13-18)22(2,3)4;1-13(14-9-10-14)11-17-21-19-8-4-7-18(23(19)22-17)20-15-5-3-6-16(12-15)24-2;1-13(14-10-11-14)12-17-21-19-9-5-8-18(23(19)22-17)20-15-6-3-4-7-16(15)24-2;1-12(13-8-9-13)10-16-21-18-7-3-6-17(23(18)22-16)20-15-5-2-4-14(19)11-15;1-12(13-9-10-13)11-16-21-18-8-4-7-17(23(18)22-16)20-15-6-3-2-5-14(15)19;1-12(13-5-6-13)11-16-21-18-4-2-3-17(23(18)22-16)20-15-9-7-14(19)8-10-15/h5-7,10-13,16,23H,1,8-9,14H2,2-4H3;3-8,12,14,20H,1,9-11H2,2H3;3-9,14,20H,1,10-12H2,2H3;2-7,11,13,20H,1,8-10H2;2-8,13,20H,1,9-11H2;2-4,7-10,13,20H,1,5-6,11H2. The molecule has 6 fully saturated rings. The van der Waals surface area contributed by atoms with Crippen LogP contribution in [0.25, 0.3) is 33.9 Å². The number of halogens is 3. The summed E-state index contributed by atoms with van der Waals surface area (Å²) in [5, 5.41) is 50.2. The first-order chi connectivity index (χ1) is 69.4. The molecular formula is C114H117Cl3N24O2. The van der Waals surface area contributed by atoms with Crippen molar-refractivity contribution in [1.29, 1.82) is 0 Å². The van der Waals surface area contributed by atoms with Crippen molar-refractivity contribution < 1.29 is 9.47 Å². The van der Waals surface area contributed by atoms with Gasteiger partial charge in [-0.25, -0.2) is 29.9 Å². The van der Waals surface area contributed by atoms with E-state index in [2.05, 4.69) is 172 Å². The Bertz CT molecular complexity index is 7690. The van der Waals surface area contributed by atoms with Gasteiger partial charge in [0, 0.05) is 77.4 Å². The fourth-order valence-corrected chi connectivity index (χ4v) is 17.3. The smallest absolute Gasteiger partial charge is 0.158 e. The predicted octanol–water partition coefficient (Wildman–Crippen LogP) is 27.2. The molecule has 29 heteroatoms.